The fraction of sp³-hybridized carbons (Fsp3) is 0.214. The number of carbonyl (C=O) groups excluding carboxylic acids is 1. The molecule has 212 valence electrons. The maximum atomic E-state index is 13.4. The molecule has 13 heteroatoms. The summed E-state index contributed by atoms with van der Waals surface area (Å²) in [6, 6.07) is 12.8. The van der Waals surface area contributed by atoms with Crippen molar-refractivity contribution in [1.29, 1.82) is 0 Å². The van der Waals surface area contributed by atoms with E-state index in [9.17, 15) is 22.4 Å². The van der Waals surface area contributed by atoms with Gasteiger partial charge in [0.2, 0.25) is 0 Å². The van der Waals surface area contributed by atoms with Gasteiger partial charge in [0.15, 0.2) is 5.82 Å². The zero-order valence-electron chi connectivity index (χ0n) is 21.5. The van der Waals surface area contributed by atoms with Crippen LogP contribution in [0.5, 0.6) is 5.88 Å². The molecule has 9 nitrogen and oxygen atoms in total. The fourth-order valence-corrected chi connectivity index (χ4v) is 4.14. The van der Waals surface area contributed by atoms with E-state index in [1.54, 1.807) is 30.5 Å². The molecule has 1 atom stereocenters. The van der Waals surface area contributed by atoms with E-state index in [0.717, 1.165) is 42.3 Å². The van der Waals surface area contributed by atoms with E-state index in [1.165, 1.54) is 12.1 Å². The summed E-state index contributed by atoms with van der Waals surface area (Å²) in [5.74, 6) is -0.932. The number of nitrogens with two attached hydrogens (primary N) is 1. The number of amides is 1. The first-order chi connectivity index (χ1) is 19.7. The summed E-state index contributed by atoms with van der Waals surface area (Å²) in [4.78, 5) is 25.4. The number of ether oxygens (including phenoxy) is 1. The molecule has 5 rings (SSSR count). The number of hydrogen-bond acceptors (Lipinski definition) is 8. The fourth-order valence-electron chi connectivity index (χ4n) is 4.14. The van der Waals surface area contributed by atoms with Crippen LogP contribution in [0, 0.1) is 5.82 Å². The lowest BCUT2D eigenvalue weighted by Crippen LogP contribution is -2.21. The third-order valence-electron chi connectivity index (χ3n) is 6.33. The zero-order valence-corrected chi connectivity index (χ0v) is 21.5. The SMILES string of the molecule is Nc1ncc(-c2ccc(CNc3ncc(C(F)(F)F)cc3C(=O)Nc3ccc(F)cc3)cc2)nc1OC1CCNC1. The molecule has 0 spiro atoms. The predicted octanol–water partition coefficient (Wildman–Crippen LogP) is 4.88. The second-order valence-corrected chi connectivity index (χ2v) is 9.31. The van der Waals surface area contributed by atoms with Gasteiger partial charge in [-0.05, 0) is 48.9 Å². The number of nitrogens with one attached hydrogen (secondary N) is 3. The highest BCUT2D eigenvalue weighted by atomic mass is 19.4. The van der Waals surface area contributed by atoms with Crippen molar-refractivity contribution in [2.75, 3.05) is 29.5 Å². The topological polar surface area (TPSA) is 127 Å². The predicted molar refractivity (Wildman–Crippen MR) is 145 cm³/mol. The normalized spacial score (nSPS) is 15.0. The zero-order chi connectivity index (χ0) is 29.0. The maximum absolute atomic E-state index is 13.4. The third kappa shape index (κ3) is 6.87. The summed E-state index contributed by atoms with van der Waals surface area (Å²) in [6.45, 7) is 1.72. The molecule has 4 aromatic rings. The lowest BCUT2D eigenvalue weighted by Gasteiger charge is -2.15. The Morgan fingerprint density at radius 1 is 1.07 bits per heavy atom. The molecule has 1 amide bonds. The quantitative estimate of drug-likeness (QED) is 0.222. The van der Waals surface area contributed by atoms with Crippen molar-refractivity contribution in [2.24, 2.45) is 0 Å². The number of anilines is 3. The molecule has 2 aromatic carbocycles. The molecule has 0 saturated carbocycles. The molecule has 5 N–H and O–H groups in total. The van der Waals surface area contributed by atoms with Gasteiger partial charge in [-0.1, -0.05) is 24.3 Å². The van der Waals surface area contributed by atoms with Gasteiger partial charge >= 0.3 is 6.18 Å². The van der Waals surface area contributed by atoms with Crippen molar-refractivity contribution in [3.05, 3.63) is 89.5 Å². The van der Waals surface area contributed by atoms with Gasteiger partial charge in [-0.3, -0.25) is 4.79 Å². The van der Waals surface area contributed by atoms with E-state index in [0.29, 0.717) is 18.4 Å². The average molecular weight is 568 g/mol. The standard InChI is InChI=1S/C28H25F4N7O2/c29-19-5-7-20(8-6-19)38-26(40)22-11-18(28(30,31)32)13-37-25(22)36-12-16-1-3-17(4-2-16)23-15-35-24(33)27(39-23)41-21-9-10-34-14-21/h1-8,11,13,15,21,34H,9-10,12,14H2,(H2,33,35)(H,36,37)(H,38,40). The molecule has 1 unspecified atom stereocenters. The number of carbonyl (C=O) groups is 1. The van der Waals surface area contributed by atoms with E-state index in [-0.39, 0.29) is 41.4 Å². The molecule has 41 heavy (non-hydrogen) atoms. The molecular formula is C28H25F4N7O2. The number of pyridine rings is 1. The minimum absolute atomic E-state index is 0.0308. The van der Waals surface area contributed by atoms with E-state index >= 15 is 0 Å². The van der Waals surface area contributed by atoms with Gasteiger partial charge in [0.05, 0.1) is 23.0 Å². The lowest BCUT2D eigenvalue weighted by molar-refractivity contribution is -0.137. The number of hydrogen-bond donors (Lipinski definition) is 4. The van der Waals surface area contributed by atoms with Crippen LogP contribution < -0.4 is 26.4 Å². The van der Waals surface area contributed by atoms with Crippen LogP contribution in [-0.4, -0.2) is 40.1 Å². The molecule has 1 saturated heterocycles. The van der Waals surface area contributed by atoms with Crippen molar-refractivity contribution in [3.63, 3.8) is 0 Å². The maximum Gasteiger partial charge on any atom is 0.417 e. The number of rotatable bonds is 8. The van der Waals surface area contributed by atoms with E-state index in [2.05, 4.69) is 30.9 Å². The number of benzene rings is 2. The first-order valence-corrected chi connectivity index (χ1v) is 12.6. The minimum Gasteiger partial charge on any atom is -0.470 e. The Morgan fingerprint density at radius 3 is 2.51 bits per heavy atom. The van der Waals surface area contributed by atoms with Crippen LogP contribution in [0.2, 0.25) is 0 Å². The van der Waals surface area contributed by atoms with Crippen molar-refractivity contribution < 1.29 is 27.1 Å². The van der Waals surface area contributed by atoms with Crippen LogP contribution in [0.25, 0.3) is 11.3 Å². The van der Waals surface area contributed by atoms with Crippen LogP contribution >= 0.6 is 0 Å². The first-order valence-electron chi connectivity index (χ1n) is 12.6. The first kappa shape index (κ1) is 27.8. The third-order valence-corrected chi connectivity index (χ3v) is 6.33. The van der Waals surface area contributed by atoms with Crippen LogP contribution in [0.1, 0.15) is 27.9 Å². The highest BCUT2D eigenvalue weighted by Crippen LogP contribution is 2.31. The Balaban J connectivity index is 1.31. The highest BCUT2D eigenvalue weighted by molar-refractivity contribution is 6.07. The second-order valence-electron chi connectivity index (χ2n) is 9.31. The smallest absolute Gasteiger partial charge is 0.417 e. The molecule has 0 aliphatic carbocycles. The Bertz CT molecular complexity index is 1520. The van der Waals surface area contributed by atoms with Crippen LogP contribution in [-0.2, 0) is 12.7 Å². The number of alkyl halides is 3. The average Bonchev–Trinajstić information content (AvgIpc) is 3.47. The molecule has 1 fully saturated rings. The van der Waals surface area contributed by atoms with Crippen molar-refractivity contribution in [3.8, 4) is 17.1 Å². The van der Waals surface area contributed by atoms with Gasteiger partial charge in [0.25, 0.3) is 11.8 Å². The number of nitrogen functional groups attached to an aromatic ring is 1. The Labute approximate surface area is 232 Å². The van der Waals surface area contributed by atoms with Gasteiger partial charge in [-0.15, -0.1) is 0 Å². The molecule has 0 bridgehead atoms. The Kier molecular flexibility index (Phi) is 7.97. The lowest BCUT2D eigenvalue weighted by atomic mass is 10.1. The minimum atomic E-state index is -4.70. The molecule has 2 aromatic heterocycles. The van der Waals surface area contributed by atoms with Gasteiger partial charge < -0.3 is 26.4 Å². The molecule has 3 heterocycles. The van der Waals surface area contributed by atoms with Crippen LogP contribution in [0.4, 0.5) is 34.9 Å². The summed E-state index contributed by atoms with van der Waals surface area (Å²) < 4.78 is 59.1. The van der Waals surface area contributed by atoms with Crippen molar-refractivity contribution in [1.82, 2.24) is 20.3 Å². The van der Waals surface area contributed by atoms with E-state index in [4.69, 9.17) is 10.5 Å². The molecule has 0 radical (unpaired) electrons. The monoisotopic (exact) mass is 567 g/mol. The Hall–Kier alpha value is -4.78. The summed E-state index contributed by atoms with van der Waals surface area (Å²) in [5, 5.41) is 8.61. The highest BCUT2D eigenvalue weighted by Gasteiger charge is 2.32. The van der Waals surface area contributed by atoms with E-state index in [1.807, 2.05) is 0 Å². The Morgan fingerprint density at radius 2 is 1.83 bits per heavy atom. The number of aromatic nitrogens is 3. The van der Waals surface area contributed by atoms with Crippen molar-refractivity contribution in [2.45, 2.75) is 25.2 Å². The molecule has 1 aliphatic heterocycles. The van der Waals surface area contributed by atoms with Crippen LogP contribution in [0.15, 0.2) is 67.0 Å². The van der Waals surface area contributed by atoms with Crippen molar-refractivity contribution >= 4 is 23.2 Å². The summed E-state index contributed by atoms with van der Waals surface area (Å²) in [5.41, 5.74) is 6.84. The number of halogens is 4. The summed E-state index contributed by atoms with van der Waals surface area (Å²) in [7, 11) is 0. The van der Waals surface area contributed by atoms with Gasteiger partial charge in [-0.25, -0.2) is 19.3 Å². The summed E-state index contributed by atoms with van der Waals surface area (Å²) in [6.07, 6.45) is -1.69. The second kappa shape index (κ2) is 11.8. The molecular weight excluding hydrogens is 542 g/mol. The van der Waals surface area contributed by atoms with Gasteiger partial charge in [-0.2, -0.15) is 13.2 Å². The largest absolute Gasteiger partial charge is 0.470 e. The van der Waals surface area contributed by atoms with Crippen LogP contribution in [0.3, 0.4) is 0 Å². The number of nitrogens with zero attached hydrogens (tertiary/aromatic N) is 3. The van der Waals surface area contributed by atoms with Gasteiger partial charge in [0, 0.05) is 30.5 Å². The van der Waals surface area contributed by atoms with E-state index < -0.39 is 23.5 Å². The van der Waals surface area contributed by atoms with Gasteiger partial charge in [0.1, 0.15) is 17.7 Å². The summed E-state index contributed by atoms with van der Waals surface area (Å²) >= 11 is 0. The molecule has 1 aliphatic rings.